The van der Waals surface area contributed by atoms with Crippen LogP contribution in [0.25, 0.3) is 0 Å². The first-order valence-corrected chi connectivity index (χ1v) is 8.49. The third kappa shape index (κ3) is 5.30. The van der Waals surface area contributed by atoms with Crippen molar-refractivity contribution in [3.8, 4) is 0 Å². The van der Waals surface area contributed by atoms with E-state index in [0.717, 1.165) is 12.0 Å². The first-order chi connectivity index (χ1) is 9.14. The average Bonchev–Trinajstić information content (AvgIpc) is 2.82. The van der Waals surface area contributed by atoms with E-state index in [-0.39, 0.29) is 0 Å². The van der Waals surface area contributed by atoms with Gasteiger partial charge in [0.2, 0.25) is 0 Å². The van der Waals surface area contributed by atoms with Crippen LogP contribution in [0.4, 0.5) is 0 Å². The Morgan fingerprint density at radius 1 is 1.26 bits per heavy atom. The SMILES string of the molecule is C=CCCCC(NCCC)C1(CC(C)C)CCCC1. The number of unbranched alkanes of at least 4 members (excludes halogenated alkanes) is 1. The zero-order chi connectivity index (χ0) is 14.1. The van der Waals surface area contributed by atoms with Crippen molar-refractivity contribution in [2.24, 2.45) is 11.3 Å². The van der Waals surface area contributed by atoms with E-state index in [1.165, 1.54) is 64.3 Å². The van der Waals surface area contributed by atoms with E-state index in [9.17, 15) is 0 Å². The summed E-state index contributed by atoms with van der Waals surface area (Å²) < 4.78 is 0. The zero-order valence-corrected chi connectivity index (χ0v) is 13.5. The van der Waals surface area contributed by atoms with Crippen LogP contribution in [0.5, 0.6) is 0 Å². The Kier molecular flexibility index (Phi) is 7.75. The molecule has 0 heterocycles. The van der Waals surface area contributed by atoms with Crippen molar-refractivity contribution < 1.29 is 0 Å². The highest BCUT2D eigenvalue weighted by atomic mass is 14.9. The monoisotopic (exact) mass is 265 g/mol. The lowest BCUT2D eigenvalue weighted by molar-refractivity contribution is 0.146. The Hall–Kier alpha value is -0.300. The summed E-state index contributed by atoms with van der Waals surface area (Å²) >= 11 is 0. The van der Waals surface area contributed by atoms with Gasteiger partial charge in [0.25, 0.3) is 0 Å². The maximum absolute atomic E-state index is 3.88. The van der Waals surface area contributed by atoms with Gasteiger partial charge >= 0.3 is 0 Å². The summed E-state index contributed by atoms with van der Waals surface area (Å²) in [6.45, 7) is 12.1. The molecule has 0 aromatic carbocycles. The van der Waals surface area contributed by atoms with E-state index in [1.807, 2.05) is 0 Å². The number of allylic oxidation sites excluding steroid dienone is 1. The van der Waals surface area contributed by atoms with E-state index in [1.54, 1.807) is 0 Å². The van der Waals surface area contributed by atoms with Gasteiger partial charge in [0.1, 0.15) is 0 Å². The smallest absolute Gasteiger partial charge is 0.0124 e. The molecule has 0 radical (unpaired) electrons. The Bertz CT molecular complexity index is 238. The molecule has 1 unspecified atom stereocenters. The molecule has 112 valence electrons. The van der Waals surface area contributed by atoms with E-state index < -0.39 is 0 Å². The fraction of sp³-hybridized carbons (Fsp3) is 0.889. The molecule has 0 saturated heterocycles. The third-order valence-electron chi connectivity index (χ3n) is 4.70. The molecule has 0 aromatic rings. The van der Waals surface area contributed by atoms with Crippen molar-refractivity contribution in [2.45, 2.75) is 84.6 Å². The van der Waals surface area contributed by atoms with Gasteiger partial charge in [-0.25, -0.2) is 0 Å². The van der Waals surface area contributed by atoms with Crippen LogP contribution < -0.4 is 5.32 Å². The Balaban J connectivity index is 2.68. The molecule has 19 heavy (non-hydrogen) atoms. The molecule has 1 aliphatic carbocycles. The van der Waals surface area contributed by atoms with Gasteiger partial charge < -0.3 is 5.32 Å². The number of hydrogen-bond donors (Lipinski definition) is 1. The summed E-state index contributed by atoms with van der Waals surface area (Å²) in [5, 5.41) is 3.88. The fourth-order valence-electron chi connectivity index (χ4n) is 4.00. The minimum Gasteiger partial charge on any atom is -0.313 e. The number of hydrogen-bond acceptors (Lipinski definition) is 1. The molecule has 0 spiro atoms. The quantitative estimate of drug-likeness (QED) is 0.416. The summed E-state index contributed by atoms with van der Waals surface area (Å²) in [6, 6.07) is 0.734. The van der Waals surface area contributed by atoms with Gasteiger partial charge in [-0.05, 0) is 62.8 Å². The second-order valence-corrected chi connectivity index (χ2v) is 6.89. The maximum atomic E-state index is 3.88. The molecular weight excluding hydrogens is 230 g/mol. The largest absolute Gasteiger partial charge is 0.313 e. The van der Waals surface area contributed by atoms with Gasteiger partial charge in [-0.3, -0.25) is 0 Å². The van der Waals surface area contributed by atoms with Crippen LogP contribution in [-0.2, 0) is 0 Å². The molecule has 1 saturated carbocycles. The lowest BCUT2D eigenvalue weighted by Gasteiger charge is -2.40. The van der Waals surface area contributed by atoms with Crippen LogP contribution in [0.2, 0.25) is 0 Å². The summed E-state index contributed by atoms with van der Waals surface area (Å²) in [6.07, 6.45) is 14.3. The summed E-state index contributed by atoms with van der Waals surface area (Å²) in [5.41, 5.74) is 0.588. The lowest BCUT2D eigenvalue weighted by atomic mass is 9.71. The minimum atomic E-state index is 0.588. The predicted molar refractivity (Wildman–Crippen MR) is 86.5 cm³/mol. The minimum absolute atomic E-state index is 0.588. The molecule has 0 aliphatic heterocycles. The lowest BCUT2D eigenvalue weighted by Crippen LogP contribution is -2.45. The van der Waals surface area contributed by atoms with Gasteiger partial charge in [0, 0.05) is 6.04 Å². The third-order valence-corrected chi connectivity index (χ3v) is 4.70. The Labute approximate surface area is 121 Å². The molecule has 1 N–H and O–H groups in total. The highest BCUT2D eigenvalue weighted by molar-refractivity contribution is 4.95. The topological polar surface area (TPSA) is 12.0 Å². The zero-order valence-electron chi connectivity index (χ0n) is 13.5. The van der Waals surface area contributed by atoms with Crippen LogP contribution in [0.15, 0.2) is 12.7 Å². The maximum Gasteiger partial charge on any atom is 0.0124 e. The van der Waals surface area contributed by atoms with Crippen molar-refractivity contribution in [3.05, 3.63) is 12.7 Å². The molecule has 0 amide bonds. The molecule has 0 aromatic heterocycles. The van der Waals surface area contributed by atoms with Gasteiger partial charge in [0.15, 0.2) is 0 Å². The fourth-order valence-corrected chi connectivity index (χ4v) is 4.00. The van der Waals surface area contributed by atoms with Gasteiger partial charge in [-0.15, -0.1) is 6.58 Å². The van der Waals surface area contributed by atoms with Crippen molar-refractivity contribution in [3.63, 3.8) is 0 Å². The van der Waals surface area contributed by atoms with Gasteiger partial charge in [-0.2, -0.15) is 0 Å². The number of nitrogens with one attached hydrogen (secondary N) is 1. The standard InChI is InChI=1S/C18H35N/c1-5-7-8-11-17(19-14-6-2)18(15-16(3)4)12-9-10-13-18/h5,16-17,19H,1,6-15H2,2-4H3. The Morgan fingerprint density at radius 3 is 2.47 bits per heavy atom. The second kappa shape index (κ2) is 8.79. The predicted octanol–water partition coefficient (Wildman–Crippen LogP) is 5.32. The highest BCUT2D eigenvalue weighted by Crippen LogP contribution is 2.47. The molecule has 1 rings (SSSR count). The number of rotatable bonds is 10. The van der Waals surface area contributed by atoms with Crippen molar-refractivity contribution in [1.29, 1.82) is 0 Å². The molecular formula is C18H35N. The average molecular weight is 265 g/mol. The molecule has 1 fully saturated rings. The summed E-state index contributed by atoms with van der Waals surface area (Å²) in [5.74, 6) is 0.823. The first-order valence-electron chi connectivity index (χ1n) is 8.49. The molecule has 1 aliphatic rings. The Morgan fingerprint density at radius 2 is 1.95 bits per heavy atom. The molecule has 1 nitrogen and oxygen atoms in total. The van der Waals surface area contributed by atoms with Crippen LogP contribution in [0.1, 0.15) is 78.6 Å². The summed E-state index contributed by atoms with van der Waals surface area (Å²) in [4.78, 5) is 0. The second-order valence-electron chi connectivity index (χ2n) is 6.89. The molecule has 1 atom stereocenters. The van der Waals surface area contributed by atoms with Crippen LogP contribution in [-0.4, -0.2) is 12.6 Å². The van der Waals surface area contributed by atoms with Crippen LogP contribution in [0.3, 0.4) is 0 Å². The van der Waals surface area contributed by atoms with E-state index in [2.05, 4.69) is 38.7 Å². The van der Waals surface area contributed by atoms with Crippen LogP contribution >= 0.6 is 0 Å². The van der Waals surface area contributed by atoms with Crippen molar-refractivity contribution in [1.82, 2.24) is 5.32 Å². The highest BCUT2D eigenvalue weighted by Gasteiger charge is 2.40. The summed E-state index contributed by atoms with van der Waals surface area (Å²) in [7, 11) is 0. The van der Waals surface area contributed by atoms with Crippen molar-refractivity contribution >= 4 is 0 Å². The van der Waals surface area contributed by atoms with Gasteiger partial charge in [0.05, 0.1) is 0 Å². The normalized spacial score (nSPS) is 19.8. The van der Waals surface area contributed by atoms with Crippen molar-refractivity contribution in [2.75, 3.05) is 6.54 Å². The van der Waals surface area contributed by atoms with E-state index >= 15 is 0 Å². The molecule has 0 bridgehead atoms. The molecule has 1 heteroatoms. The van der Waals surface area contributed by atoms with Gasteiger partial charge in [-0.1, -0.05) is 39.7 Å². The van der Waals surface area contributed by atoms with E-state index in [4.69, 9.17) is 0 Å². The first kappa shape index (κ1) is 16.8. The van der Waals surface area contributed by atoms with E-state index in [0.29, 0.717) is 5.41 Å². The van der Waals surface area contributed by atoms with Crippen LogP contribution in [0, 0.1) is 11.3 Å².